The summed E-state index contributed by atoms with van der Waals surface area (Å²) in [5.74, 6) is 0. The maximum Gasteiger partial charge on any atom is 0.264 e. The van der Waals surface area contributed by atoms with E-state index >= 15 is 0 Å². The monoisotopic (exact) mass is 370 g/mol. The Bertz CT molecular complexity index is 330. The van der Waals surface area contributed by atoms with Gasteiger partial charge in [0.15, 0.2) is 6.29 Å². The molecule has 0 bridgehead atoms. The maximum absolute atomic E-state index is 10.6. The largest absolute Gasteiger partial charge is 0.396 e. The SMILES string of the molecule is CCCCCCCC(O)O.CS(=O)(=O)OCCCCCCCCO. The first-order valence-corrected chi connectivity index (χ1v) is 11.0. The van der Waals surface area contributed by atoms with E-state index in [0.29, 0.717) is 13.0 Å². The molecular weight excluding hydrogens is 332 g/mol. The predicted molar refractivity (Wildman–Crippen MR) is 97.2 cm³/mol. The molecule has 0 aromatic rings. The summed E-state index contributed by atoms with van der Waals surface area (Å²) in [6.07, 6.45) is 12.2. The average Bonchev–Trinajstić information content (AvgIpc) is 2.49. The number of hydrogen-bond donors (Lipinski definition) is 3. The Balaban J connectivity index is 0. The maximum atomic E-state index is 10.6. The molecule has 0 radical (unpaired) electrons. The Kier molecular flexibility index (Phi) is 20.7. The molecule has 0 unspecified atom stereocenters. The van der Waals surface area contributed by atoms with Gasteiger partial charge in [-0.05, 0) is 25.7 Å². The van der Waals surface area contributed by atoms with Gasteiger partial charge in [-0.3, -0.25) is 4.18 Å². The van der Waals surface area contributed by atoms with Gasteiger partial charge in [-0.15, -0.1) is 0 Å². The molecule has 0 aliphatic carbocycles. The number of hydrogen-bond acceptors (Lipinski definition) is 6. The van der Waals surface area contributed by atoms with Crippen LogP contribution in [0.4, 0.5) is 0 Å². The van der Waals surface area contributed by atoms with E-state index in [1.54, 1.807) is 0 Å². The van der Waals surface area contributed by atoms with E-state index in [1.165, 1.54) is 19.3 Å². The molecule has 24 heavy (non-hydrogen) atoms. The van der Waals surface area contributed by atoms with Gasteiger partial charge in [-0.2, -0.15) is 8.42 Å². The first kappa shape index (κ1) is 26.0. The smallest absolute Gasteiger partial charge is 0.264 e. The van der Waals surface area contributed by atoms with Crippen LogP contribution in [0.5, 0.6) is 0 Å². The van der Waals surface area contributed by atoms with Gasteiger partial charge in [0.05, 0.1) is 12.9 Å². The second kappa shape index (κ2) is 19.1. The Morgan fingerprint density at radius 2 is 1.33 bits per heavy atom. The van der Waals surface area contributed by atoms with E-state index < -0.39 is 16.4 Å². The van der Waals surface area contributed by atoms with Crippen LogP contribution in [0.2, 0.25) is 0 Å². The van der Waals surface area contributed by atoms with E-state index in [-0.39, 0.29) is 6.61 Å². The van der Waals surface area contributed by atoms with Crippen LogP contribution in [0.1, 0.15) is 84.0 Å². The Labute approximate surface area is 148 Å². The highest BCUT2D eigenvalue weighted by atomic mass is 32.2. The molecule has 0 saturated carbocycles. The molecule has 0 rings (SSSR count). The van der Waals surface area contributed by atoms with Crippen molar-refractivity contribution in [1.82, 2.24) is 0 Å². The van der Waals surface area contributed by atoms with Crippen LogP contribution in [-0.4, -0.2) is 49.5 Å². The van der Waals surface area contributed by atoms with Crippen molar-refractivity contribution in [2.45, 2.75) is 90.3 Å². The average molecular weight is 371 g/mol. The fraction of sp³-hybridized carbons (Fsp3) is 1.00. The van der Waals surface area contributed by atoms with Gasteiger partial charge in [-0.1, -0.05) is 58.3 Å². The summed E-state index contributed by atoms with van der Waals surface area (Å²) in [6.45, 7) is 2.72. The molecule has 6 nitrogen and oxygen atoms in total. The summed E-state index contributed by atoms with van der Waals surface area (Å²) >= 11 is 0. The topological polar surface area (TPSA) is 104 Å². The van der Waals surface area contributed by atoms with E-state index in [2.05, 4.69) is 11.1 Å². The first-order chi connectivity index (χ1) is 11.3. The van der Waals surface area contributed by atoms with Crippen molar-refractivity contribution in [3.05, 3.63) is 0 Å². The summed E-state index contributed by atoms with van der Waals surface area (Å²) < 4.78 is 25.7. The lowest BCUT2D eigenvalue weighted by atomic mass is 10.1. The second-order valence-electron chi connectivity index (χ2n) is 6.05. The van der Waals surface area contributed by atoms with Crippen LogP contribution in [0.3, 0.4) is 0 Å². The van der Waals surface area contributed by atoms with Gasteiger partial charge >= 0.3 is 0 Å². The Morgan fingerprint density at radius 3 is 1.83 bits per heavy atom. The molecule has 0 amide bonds. The molecule has 7 heteroatoms. The van der Waals surface area contributed by atoms with Crippen LogP contribution >= 0.6 is 0 Å². The van der Waals surface area contributed by atoms with Crippen LogP contribution in [-0.2, 0) is 14.3 Å². The van der Waals surface area contributed by atoms with Crippen LogP contribution in [0, 0.1) is 0 Å². The summed E-state index contributed by atoms with van der Waals surface area (Å²) in [5.41, 5.74) is 0. The highest BCUT2D eigenvalue weighted by molar-refractivity contribution is 7.85. The van der Waals surface area contributed by atoms with Crippen molar-refractivity contribution in [3.8, 4) is 0 Å². The van der Waals surface area contributed by atoms with Crippen molar-refractivity contribution in [1.29, 1.82) is 0 Å². The second-order valence-corrected chi connectivity index (χ2v) is 7.70. The molecule has 0 spiro atoms. The van der Waals surface area contributed by atoms with E-state index in [0.717, 1.165) is 57.6 Å². The predicted octanol–water partition coefficient (Wildman–Crippen LogP) is 2.95. The summed E-state index contributed by atoms with van der Waals surface area (Å²) in [6, 6.07) is 0. The number of aliphatic hydroxyl groups excluding tert-OH is 2. The van der Waals surface area contributed by atoms with Crippen molar-refractivity contribution < 1.29 is 27.9 Å². The summed E-state index contributed by atoms with van der Waals surface area (Å²) in [4.78, 5) is 0. The van der Waals surface area contributed by atoms with E-state index in [4.69, 9.17) is 15.3 Å². The molecule has 0 aliphatic rings. The quantitative estimate of drug-likeness (QED) is 0.233. The molecule has 0 aliphatic heterocycles. The minimum Gasteiger partial charge on any atom is -0.396 e. The molecule has 0 heterocycles. The van der Waals surface area contributed by atoms with Crippen molar-refractivity contribution >= 4 is 10.1 Å². The summed E-state index contributed by atoms with van der Waals surface area (Å²) in [7, 11) is -3.26. The minimum absolute atomic E-state index is 0.261. The Morgan fingerprint density at radius 1 is 0.833 bits per heavy atom. The third-order valence-corrected chi connectivity index (χ3v) is 4.01. The molecular formula is C17H38O6S. The molecule has 3 N–H and O–H groups in total. The van der Waals surface area contributed by atoms with Gasteiger partial charge in [0, 0.05) is 6.61 Å². The standard InChI is InChI=1S/C9H20O4S.C8H18O2/c1-14(11,12)13-9-7-5-3-2-4-6-8-10;1-2-3-4-5-6-7-8(9)10/h10H,2-9H2,1H3;8-10H,2-7H2,1H3. The van der Waals surface area contributed by atoms with Crippen molar-refractivity contribution in [2.24, 2.45) is 0 Å². The van der Waals surface area contributed by atoms with Crippen LogP contribution in [0.25, 0.3) is 0 Å². The van der Waals surface area contributed by atoms with E-state index in [9.17, 15) is 8.42 Å². The molecule has 0 atom stereocenters. The van der Waals surface area contributed by atoms with Gasteiger partial charge in [0.2, 0.25) is 0 Å². The lowest BCUT2D eigenvalue weighted by molar-refractivity contribution is -0.0466. The fourth-order valence-corrected chi connectivity index (χ4v) is 2.48. The number of aliphatic hydroxyl groups is 3. The third kappa shape index (κ3) is 29.8. The zero-order valence-corrected chi connectivity index (χ0v) is 16.3. The van der Waals surface area contributed by atoms with Crippen molar-refractivity contribution in [3.63, 3.8) is 0 Å². The van der Waals surface area contributed by atoms with Crippen molar-refractivity contribution in [2.75, 3.05) is 19.5 Å². The van der Waals surface area contributed by atoms with Crippen LogP contribution < -0.4 is 0 Å². The summed E-state index contributed by atoms with van der Waals surface area (Å²) in [5, 5.41) is 25.4. The van der Waals surface area contributed by atoms with Crippen LogP contribution in [0.15, 0.2) is 0 Å². The van der Waals surface area contributed by atoms with Gasteiger partial charge < -0.3 is 15.3 Å². The zero-order valence-electron chi connectivity index (χ0n) is 15.5. The highest BCUT2D eigenvalue weighted by Gasteiger charge is 2.00. The van der Waals surface area contributed by atoms with E-state index in [1.807, 2.05) is 0 Å². The fourth-order valence-electron chi connectivity index (χ4n) is 2.06. The normalized spacial score (nSPS) is 11.4. The third-order valence-electron chi connectivity index (χ3n) is 3.42. The molecule has 148 valence electrons. The lowest BCUT2D eigenvalue weighted by Crippen LogP contribution is -2.03. The first-order valence-electron chi connectivity index (χ1n) is 9.14. The molecule has 0 fully saturated rings. The molecule has 0 aromatic carbocycles. The minimum atomic E-state index is -3.26. The molecule has 0 saturated heterocycles. The zero-order chi connectivity index (χ0) is 18.7. The van der Waals surface area contributed by atoms with Gasteiger partial charge in [0.1, 0.15) is 0 Å². The number of rotatable bonds is 15. The lowest BCUT2D eigenvalue weighted by Gasteiger charge is -2.01. The Hall–Kier alpha value is -0.210. The van der Waals surface area contributed by atoms with Gasteiger partial charge in [-0.25, -0.2) is 0 Å². The molecule has 0 aromatic heterocycles. The van der Waals surface area contributed by atoms with Gasteiger partial charge in [0.25, 0.3) is 10.1 Å². The number of unbranched alkanes of at least 4 members (excludes halogenated alkanes) is 9. The highest BCUT2D eigenvalue weighted by Crippen LogP contribution is 2.06.